The highest BCUT2D eigenvalue weighted by Crippen LogP contribution is 2.29. The van der Waals surface area contributed by atoms with Gasteiger partial charge in [-0.3, -0.25) is 0 Å². The van der Waals surface area contributed by atoms with Gasteiger partial charge in [0.05, 0.1) is 5.75 Å². The lowest BCUT2D eigenvalue weighted by Gasteiger charge is -2.04. The van der Waals surface area contributed by atoms with Gasteiger partial charge in [-0.25, -0.2) is 0 Å². The molecule has 0 atom stereocenters. The zero-order valence-corrected chi connectivity index (χ0v) is 15.3. The summed E-state index contributed by atoms with van der Waals surface area (Å²) in [5, 5.41) is 20.2. The molecular formula is C16H19N5OS2. The summed E-state index contributed by atoms with van der Waals surface area (Å²) >= 11 is 3.05. The molecule has 6 nitrogen and oxygen atoms in total. The number of aromatic nitrogens is 4. The van der Waals surface area contributed by atoms with Gasteiger partial charge in [-0.05, 0) is 30.5 Å². The van der Waals surface area contributed by atoms with E-state index in [0.29, 0.717) is 17.5 Å². The number of hydrogen-bond acceptors (Lipinski definition) is 8. The highest BCUT2D eigenvalue weighted by molar-refractivity contribution is 8.00. The minimum Gasteiger partial charge on any atom is -0.425 e. The smallest absolute Gasteiger partial charge is 0.226 e. The van der Waals surface area contributed by atoms with Crippen LogP contribution >= 0.6 is 23.1 Å². The number of thioether (sulfide) groups is 1. The second kappa shape index (κ2) is 8.25. The first kappa shape index (κ1) is 16.9. The summed E-state index contributed by atoms with van der Waals surface area (Å²) in [6.07, 6.45) is 3.57. The van der Waals surface area contributed by atoms with Crippen LogP contribution in [-0.4, -0.2) is 20.4 Å². The van der Waals surface area contributed by atoms with Crippen LogP contribution in [0, 0.1) is 6.92 Å². The Bertz CT molecular complexity index is 769. The number of benzene rings is 1. The van der Waals surface area contributed by atoms with Gasteiger partial charge in [-0.1, -0.05) is 48.6 Å². The summed E-state index contributed by atoms with van der Waals surface area (Å²) in [5.74, 6) is 1.78. The number of hydrogen-bond donors (Lipinski definition) is 1. The molecule has 2 aromatic heterocycles. The molecule has 0 amide bonds. The zero-order valence-electron chi connectivity index (χ0n) is 13.7. The average molecular weight is 361 g/mol. The molecule has 0 spiro atoms. The Labute approximate surface area is 149 Å². The van der Waals surface area contributed by atoms with E-state index in [4.69, 9.17) is 4.42 Å². The van der Waals surface area contributed by atoms with Gasteiger partial charge in [0, 0.05) is 12.6 Å². The lowest BCUT2D eigenvalue weighted by Crippen LogP contribution is -1.90. The molecule has 0 radical (unpaired) electrons. The third kappa shape index (κ3) is 4.78. The first-order valence-corrected chi connectivity index (χ1v) is 9.64. The minimum atomic E-state index is 0.576. The third-order valence-corrected chi connectivity index (χ3v) is 5.27. The highest BCUT2D eigenvalue weighted by Gasteiger charge is 2.08. The van der Waals surface area contributed by atoms with Crippen molar-refractivity contribution >= 4 is 33.9 Å². The Hall–Kier alpha value is -1.93. The SMILES string of the molecule is CCCCc1ccc(Nc2nnc(SCc3nnc(C)o3)s2)cc1. The van der Waals surface area contributed by atoms with Crippen molar-refractivity contribution < 1.29 is 4.42 Å². The topological polar surface area (TPSA) is 76.7 Å². The molecule has 1 N–H and O–H groups in total. The van der Waals surface area contributed by atoms with Gasteiger partial charge in [-0.2, -0.15) is 0 Å². The fourth-order valence-electron chi connectivity index (χ4n) is 2.10. The Kier molecular flexibility index (Phi) is 5.81. The van der Waals surface area contributed by atoms with Crippen LogP contribution in [0.4, 0.5) is 10.8 Å². The molecule has 126 valence electrons. The van der Waals surface area contributed by atoms with Crippen LogP contribution in [0.3, 0.4) is 0 Å². The molecule has 3 aromatic rings. The predicted molar refractivity (Wildman–Crippen MR) is 96.8 cm³/mol. The fraction of sp³-hybridized carbons (Fsp3) is 0.375. The Morgan fingerprint density at radius 3 is 2.67 bits per heavy atom. The molecule has 3 rings (SSSR count). The van der Waals surface area contributed by atoms with Crippen molar-refractivity contribution in [3.05, 3.63) is 41.6 Å². The van der Waals surface area contributed by atoms with Crippen LogP contribution in [0.15, 0.2) is 33.0 Å². The van der Waals surface area contributed by atoms with Crippen LogP contribution in [0.1, 0.15) is 37.1 Å². The fourth-order valence-corrected chi connectivity index (χ4v) is 3.71. The standard InChI is InChI=1S/C16H19N5OS2/c1-3-4-5-12-6-8-13(9-7-12)17-15-20-21-16(24-15)23-10-14-19-18-11(2)22-14/h6-9H,3-5,10H2,1-2H3,(H,17,20). The van der Waals surface area contributed by atoms with Gasteiger partial charge in [0.1, 0.15) is 0 Å². The van der Waals surface area contributed by atoms with Crippen molar-refractivity contribution in [2.45, 2.75) is 43.2 Å². The van der Waals surface area contributed by atoms with Crippen molar-refractivity contribution in [3.63, 3.8) is 0 Å². The molecule has 0 saturated carbocycles. The van der Waals surface area contributed by atoms with E-state index in [-0.39, 0.29) is 0 Å². The molecule has 0 unspecified atom stereocenters. The molecule has 0 saturated heterocycles. The molecule has 24 heavy (non-hydrogen) atoms. The maximum absolute atomic E-state index is 5.34. The molecule has 0 bridgehead atoms. The summed E-state index contributed by atoms with van der Waals surface area (Å²) in [6.45, 7) is 3.99. The van der Waals surface area contributed by atoms with Crippen LogP contribution in [0.2, 0.25) is 0 Å². The second-order valence-corrected chi connectivity index (χ2v) is 7.50. The van der Waals surface area contributed by atoms with Crippen LogP contribution in [0.25, 0.3) is 0 Å². The number of anilines is 2. The lowest BCUT2D eigenvalue weighted by atomic mass is 10.1. The Balaban J connectivity index is 1.53. The lowest BCUT2D eigenvalue weighted by molar-refractivity contribution is 0.485. The molecule has 0 aliphatic heterocycles. The van der Waals surface area contributed by atoms with Crippen molar-refractivity contribution in [1.82, 2.24) is 20.4 Å². The first-order chi connectivity index (χ1) is 11.7. The van der Waals surface area contributed by atoms with Crippen LogP contribution in [0.5, 0.6) is 0 Å². The van der Waals surface area contributed by atoms with Crippen molar-refractivity contribution in [1.29, 1.82) is 0 Å². The van der Waals surface area contributed by atoms with E-state index in [9.17, 15) is 0 Å². The van der Waals surface area contributed by atoms with Gasteiger partial charge < -0.3 is 9.73 Å². The number of nitrogens with one attached hydrogen (secondary N) is 1. The summed E-state index contributed by atoms with van der Waals surface area (Å²) in [7, 11) is 0. The number of aryl methyl sites for hydroxylation is 2. The molecule has 2 heterocycles. The van der Waals surface area contributed by atoms with Gasteiger partial charge in [0.15, 0.2) is 4.34 Å². The van der Waals surface area contributed by atoms with E-state index in [1.54, 1.807) is 6.92 Å². The molecule has 0 aliphatic carbocycles. The largest absolute Gasteiger partial charge is 0.425 e. The first-order valence-electron chi connectivity index (χ1n) is 7.84. The number of unbranched alkanes of at least 4 members (excludes halogenated alkanes) is 1. The van der Waals surface area contributed by atoms with Crippen molar-refractivity contribution in [3.8, 4) is 0 Å². The van der Waals surface area contributed by atoms with Gasteiger partial charge in [0.2, 0.25) is 16.9 Å². The van der Waals surface area contributed by atoms with E-state index in [0.717, 1.165) is 21.6 Å². The summed E-state index contributed by atoms with van der Waals surface area (Å²) in [5.41, 5.74) is 2.39. The van der Waals surface area contributed by atoms with Gasteiger partial charge in [0.25, 0.3) is 0 Å². The normalized spacial score (nSPS) is 10.9. The van der Waals surface area contributed by atoms with E-state index in [1.807, 2.05) is 0 Å². The monoisotopic (exact) mass is 361 g/mol. The maximum Gasteiger partial charge on any atom is 0.226 e. The molecule has 0 aliphatic rings. The summed E-state index contributed by atoms with van der Waals surface area (Å²) in [4.78, 5) is 0. The molecule has 8 heteroatoms. The Morgan fingerprint density at radius 1 is 1.12 bits per heavy atom. The Morgan fingerprint density at radius 2 is 1.96 bits per heavy atom. The molecular weight excluding hydrogens is 342 g/mol. The maximum atomic E-state index is 5.34. The molecule has 0 fully saturated rings. The molecule has 1 aromatic carbocycles. The van der Waals surface area contributed by atoms with E-state index in [1.165, 1.54) is 41.5 Å². The third-order valence-electron chi connectivity index (χ3n) is 3.32. The second-order valence-electron chi connectivity index (χ2n) is 5.30. The van der Waals surface area contributed by atoms with Crippen LogP contribution in [-0.2, 0) is 12.2 Å². The highest BCUT2D eigenvalue weighted by atomic mass is 32.2. The minimum absolute atomic E-state index is 0.576. The number of rotatable bonds is 8. The van der Waals surface area contributed by atoms with Crippen molar-refractivity contribution in [2.24, 2.45) is 0 Å². The summed E-state index contributed by atoms with van der Waals surface area (Å²) < 4.78 is 6.21. The van der Waals surface area contributed by atoms with E-state index < -0.39 is 0 Å². The van der Waals surface area contributed by atoms with E-state index >= 15 is 0 Å². The van der Waals surface area contributed by atoms with Crippen LogP contribution < -0.4 is 5.32 Å². The average Bonchev–Trinajstić information content (AvgIpc) is 3.21. The number of nitrogens with zero attached hydrogens (tertiary/aromatic N) is 4. The van der Waals surface area contributed by atoms with E-state index in [2.05, 4.69) is 56.9 Å². The van der Waals surface area contributed by atoms with Crippen molar-refractivity contribution in [2.75, 3.05) is 5.32 Å². The van der Waals surface area contributed by atoms with Gasteiger partial charge in [-0.15, -0.1) is 20.4 Å². The van der Waals surface area contributed by atoms with Gasteiger partial charge >= 0.3 is 0 Å². The zero-order chi connectivity index (χ0) is 16.8. The summed E-state index contributed by atoms with van der Waals surface area (Å²) in [6, 6.07) is 8.49. The quantitative estimate of drug-likeness (QED) is 0.587. The predicted octanol–water partition coefficient (Wildman–Crippen LogP) is 4.61.